The van der Waals surface area contributed by atoms with Crippen molar-refractivity contribution in [2.24, 2.45) is 0 Å². The van der Waals surface area contributed by atoms with Crippen LogP contribution in [0, 0.1) is 0 Å². The molecule has 0 saturated carbocycles. The van der Waals surface area contributed by atoms with Crippen molar-refractivity contribution in [1.82, 2.24) is 20.5 Å². The second kappa shape index (κ2) is 5.61. The first-order valence-electron chi connectivity index (χ1n) is 6.17. The molecule has 1 aliphatic carbocycles. The summed E-state index contributed by atoms with van der Waals surface area (Å²) >= 11 is 0. The zero-order valence-electron chi connectivity index (χ0n) is 10.1. The second-order valence-corrected chi connectivity index (χ2v) is 4.22. The molecule has 0 saturated heterocycles. The molecule has 2 rings (SSSR count). The first kappa shape index (κ1) is 11.8. The lowest BCUT2D eigenvalue weighted by molar-refractivity contribution is 0.0944. The first-order chi connectivity index (χ1) is 8.29. The Bertz CT molecular complexity index is 422. The molecule has 0 unspecified atom stereocenters. The van der Waals surface area contributed by atoms with E-state index < -0.39 is 0 Å². The summed E-state index contributed by atoms with van der Waals surface area (Å²) in [7, 11) is 0. The van der Waals surface area contributed by atoms with Gasteiger partial charge in [0.1, 0.15) is 5.82 Å². The van der Waals surface area contributed by atoms with Crippen LogP contribution in [0.25, 0.3) is 0 Å². The van der Waals surface area contributed by atoms with Crippen LogP contribution in [0.3, 0.4) is 0 Å². The van der Waals surface area contributed by atoms with Crippen LogP contribution < -0.4 is 5.32 Å². The molecule has 0 radical (unpaired) electrons. The maximum Gasteiger partial charge on any atom is 0.290 e. The number of nitrogens with one attached hydrogen (secondary N) is 2. The molecular weight excluding hydrogens is 216 g/mol. The Kier molecular flexibility index (Phi) is 3.90. The van der Waals surface area contributed by atoms with E-state index in [9.17, 15) is 4.79 Å². The number of allylic oxidation sites excluding steroid dienone is 1. The number of aromatic nitrogens is 3. The van der Waals surface area contributed by atoms with Crippen LogP contribution >= 0.6 is 0 Å². The van der Waals surface area contributed by atoms with Crippen LogP contribution in [0.5, 0.6) is 0 Å². The van der Waals surface area contributed by atoms with E-state index in [1.54, 1.807) is 0 Å². The molecule has 0 aliphatic heterocycles. The summed E-state index contributed by atoms with van der Waals surface area (Å²) in [6.45, 7) is 2.63. The van der Waals surface area contributed by atoms with Crippen LogP contribution in [0.15, 0.2) is 11.6 Å². The molecule has 1 aliphatic rings. The van der Waals surface area contributed by atoms with Gasteiger partial charge < -0.3 is 5.32 Å². The number of amides is 1. The molecule has 0 spiro atoms. The molecule has 0 fully saturated rings. The summed E-state index contributed by atoms with van der Waals surface area (Å²) < 4.78 is 0. The van der Waals surface area contributed by atoms with Crippen LogP contribution in [0.2, 0.25) is 0 Å². The molecule has 0 aromatic carbocycles. The predicted octanol–water partition coefficient (Wildman–Crippen LogP) is 1.60. The Hall–Kier alpha value is -1.65. The zero-order valence-corrected chi connectivity index (χ0v) is 10.1. The van der Waals surface area contributed by atoms with E-state index in [-0.39, 0.29) is 11.7 Å². The van der Waals surface area contributed by atoms with Crippen molar-refractivity contribution < 1.29 is 4.79 Å². The third-order valence-electron chi connectivity index (χ3n) is 2.94. The van der Waals surface area contributed by atoms with Gasteiger partial charge in [0, 0.05) is 13.0 Å². The minimum atomic E-state index is -0.195. The third-order valence-corrected chi connectivity index (χ3v) is 2.94. The largest absolute Gasteiger partial charge is 0.349 e. The number of hydrogen-bond donors (Lipinski definition) is 2. The fourth-order valence-electron chi connectivity index (χ4n) is 1.94. The monoisotopic (exact) mass is 234 g/mol. The number of H-pyrrole nitrogens is 1. The quantitative estimate of drug-likeness (QED) is 0.760. The van der Waals surface area contributed by atoms with Gasteiger partial charge in [-0.05, 0) is 25.7 Å². The van der Waals surface area contributed by atoms with Gasteiger partial charge in [0.05, 0.1) is 0 Å². The number of rotatable bonds is 5. The molecular formula is C12H18N4O. The Morgan fingerprint density at radius 1 is 1.59 bits per heavy atom. The summed E-state index contributed by atoms with van der Waals surface area (Å²) in [6.07, 6.45) is 7.59. The standard InChI is InChI=1S/C12H18N4O/c1-2-10-14-11(16-15-10)12(17)13-8-7-9-5-3-4-6-9/h5H,2-4,6-8H2,1H3,(H,13,17)(H,14,15,16). The highest BCUT2D eigenvalue weighted by Crippen LogP contribution is 2.19. The van der Waals surface area contributed by atoms with Crippen molar-refractivity contribution in [2.75, 3.05) is 6.54 Å². The smallest absolute Gasteiger partial charge is 0.290 e. The Morgan fingerprint density at radius 3 is 3.12 bits per heavy atom. The van der Waals surface area contributed by atoms with E-state index in [1.807, 2.05) is 6.92 Å². The van der Waals surface area contributed by atoms with Crippen molar-refractivity contribution in [3.63, 3.8) is 0 Å². The lowest BCUT2D eigenvalue weighted by Crippen LogP contribution is -2.25. The second-order valence-electron chi connectivity index (χ2n) is 4.22. The Balaban J connectivity index is 1.76. The minimum Gasteiger partial charge on any atom is -0.349 e. The maximum atomic E-state index is 11.7. The average Bonchev–Trinajstić information content (AvgIpc) is 2.99. The van der Waals surface area contributed by atoms with Gasteiger partial charge in [-0.15, -0.1) is 5.10 Å². The third kappa shape index (κ3) is 3.15. The molecule has 1 heterocycles. The molecule has 5 nitrogen and oxygen atoms in total. The predicted molar refractivity (Wildman–Crippen MR) is 64.6 cm³/mol. The van der Waals surface area contributed by atoms with Crippen LogP contribution in [-0.4, -0.2) is 27.6 Å². The average molecular weight is 234 g/mol. The number of aryl methyl sites for hydroxylation is 1. The van der Waals surface area contributed by atoms with E-state index in [2.05, 4.69) is 26.6 Å². The number of hydrogen-bond acceptors (Lipinski definition) is 3. The van der Waals surface area contributed by atoms with Gasteiger partial charge in [0.25, 0.3) is 5.91 Å². The summed E-state index contributed by atoms with van der Waals surface area (Å²) in [4.78, 5) is 15.8. The minimum absolute atomic E-state index is 0.195. The van der Waals surface area contributed by atoms with Gasteiger partial charge in [-0.25, -0.2) is 4.98 Å². The summed E-state index contributed by atoms with van der Waals surface area (Å²) in [5.41, 5.74) is 1.45. The number of carbonyl (C=O) groups is 1. The number of aromatic amines is 1. The van der Waals surface area contributed by atoms with Crippen molar-refractivity contribution in [2.45, 2.75) is 39.0 Å². The van der Waals surface area contributed by atoms with E-state index in [1.165, 1.54) is 24.8 Å². The van der Waals surface area contributed by atoms with Crippen LogP contribution in [0.4, 0.5) is 0 Å². The fourth-order valence-corrected chi connectivity index (χ4v) is 1.94. The van der Waals surface area contributed by atoms with E-state index in [0.29, 0.717) is 6.54 Å². The summed E-state index contributed by atoms with van der Waals surface area (Å²) in [6, 6.07) is 0. The van der Waals surface area contributed by atoms with E-state index in [0.717, 1.165) is 18.7 Å². The highest BCUT2D eigenvalue weighted by molar-refractivity contribution is 5.90. The molecule has 1 amide bonds. The van der Waals surface area contributed by atoms with Crippen LogP contribution in [-0.2, 0) is 6.42 Å². The van der Waals surface area contributed by atoms with Crippen molar-refractivity contribution in [1.29, 1.82) is 0 Å². The van der Waals surface area contributed by atoms with Crippen LogP contribution in [0.1, 0.15) is 49.1 Å². The number of nitrogens with zero attached hydrogens (tertiary/aromatic N) is 2. The summed E-state index contributed by atoms with van der Waals surface area (Å²) in [5.74, 6) is 0.787. The van der Waals surface area contributed by atoms with Crippen molar-refractivity contribution >= 4 is 5.91 Å². The first-order valence-corrected chi connectivity index (χ1v) is 6.17. The Morgan fingerprint density at radius 2 is 2.47 bits per heavy atom. The topological polar surface area (TPSA) is 70.7 Å². The zero-order chi connectivity index (χ0) is 12.1. The molecule has 0 bridgehead atoms. The van der Waals surface area contributed by atoms with E-state index >= 15 is 0 Å². The maximum absolute atomic E-state index is 11.7. The van der Waals surface area contributed by atoms with Gasteiger partial charge in [-0.3, -0.25) is 9.89 Å². The van der Waals surface area contributed by atoms with Gasteiger partial charge in [0.15, 0.2) is 0 Å². The fraction of sp³-hybridized carbons (Fsp3) is 0.583. The summed E-state index contributed by atoms with van der Waals surface area (Å²) in [5, 5.41) is 9.45. The SMILES string of the molecule is CCc1nc(C(=O)NCCC2=CCCC2)n[nH]1. The molecule has 5 heteroatoms. The van der Waals surface area contributed by atoms with Gasteiger partial charge in [-0.2, -0.15) is 0 Å². The molecule has 2 N–H and O–H groups in total. The lowest BCUT2D eigenvalue weighted by Gasteiger charge is -2.03. The lowest BCUT2D eigenvalue weighted by atomic mass is 10.2. The highest BCUT2D eigenvalue weighted by atomic mass is 16.2. The Labute approximate surface area is 101 Å². The van der Waals surface area contributed by atoms with Gasteiger partial charge >= 0.3 is 0 Å². The molecule has 1 aromatic heterocycles. The van der Waals surface area contributed by atoms with Crippen molar-refractivity contribution in [3.05, 3.63) is 23.3 Å². The normalized spacial score (nSPS) is 14.8. The molecule has 92 valence electrons. The molecule has 1 aromatic rings. The highest BCUT2D eigenvalue weighted by Gasteiger charge is 2.11. The van der Waals surface area contributed by atoms with Gasteiger partial charge in [-0.1, -0.05) is 18.6 Å². The van der Waals surface area contributed by atoms with Gasteiger partial charge in [0.2, 0.25) is 5.82 Å². The van der Waals surface area contributed by atoms with Crippen molar-refractivity contribution in [3.8, 4) is 0 Å². The number of carbonyl (C=O) groups excluding carboxylic acids is 1. The molecule has 17 heavy (non-hydrogen) atoms. The van der Waals surface area contributed by atoms with E-state index in [4.69, 9.17) is 0 Å². The molecule has 0 atom stereocenters.